The molecule has 34 heavy (non-hydrogen) atoms. The number of likely N-dealkylation sites (tertiary alicyclic amines) is 1. The minimum atomic E-state index is -3.20. The molecule has 1 fully saturated rings. The van der Waals surface area contributed by atoms with Crippen molar-refractivity contribution in [3.63, 3.8) is 0 Å². The maximum atomic E-state index is 14.3. The van der Waals surface area contributed by atoms with Gasteiger partial charge in [0.05, 0.1) is 19.3 Å². The lowest BCUT2D eigenvalue weighted by Gasteiger charge is -2.43. The summed E-state index contributed by atoms with van der Waals surface area (Å²) in [5, 5.41) is 14.9. The molecule has 2 aliphatic heterocycles. The molecule has 1 saturated heterocycles. The highest BCUT2D eigenvalue weighted by atomic mass is 32.2. The first-order valence-electron chi connectivity index (χ1n) is 11.6. The van der Waals surface area contributed by atoms with E-state index < -0.39 is 19.1 Å². The van der Waals surface area contributed by atoms with Gasteiger partial charge in [-0.15, -0.1) is 0 Å². The Labute approximate surface area is 203 Å². The number of aliphatic hydroxyl groups is 1. The van der Waals surface area contributed by atoms with E-state index in [0.717, 1.165) is 41.2 Å². The van der Waals surface area contributed by atoms with Gasteiger partial charge in [0.2, 0.25) is 0 Å². The van der Waals surface area contributed by atoms with Gasteiger partial charge in [-0.2, -0.15) is 0 Å². The van der Waals surface area contributed by atoms with Crippen molar-refractivity contribution < 1.29 is 23.0 Å². The molecular formula is C25H32F3N3O2S. The standard InChI is InChI=1S/C25H32F3N3O2S/c1-17-10-20-11-22(34-29)6-7-23(20)24(31(17)15-25(27,28)16-32)19-2-4-21(5-3-19)33-9-8-30-13-18(12-26)14-30/h2-7,11,17-18,24,32H,8-10,12-16,29H2,1H3/t17-,24?/m0/s1. The Balaban J connectivity index is 1.52. The number of aliphatic hydroxyl groups excluding tert-OH is 1. The van der Waals surface area contributed by atoms with Crippen LogP contribution >= 0.6 is 11.9 Å². The lowest BCUT2D eigenvalue weighted by atomic mass is 9.85. The van der Waals surface area contributed by atoms with E-state index in [0.29, 0.717) is 18.8 Å². The molecular weight excluding hydrogens is 463 g/mol. The number of rotatable bonds is 10. The average molecular weight is 496 g/mol. The van der Waals surface area contributed by atoms with Crippen LogP contribution in [-0.2, 0) is 6.42 Å². The van der Waals surface area contributed by atoms with E-state index in [1.54, 1.807) is 4.90 Å². The van der Waals surface area contributed by atoms with Crippen molar-refractivity contribution in [2.45, 2.75) is 36.2 Å². The fourth-order valence-electron chi connectivity index (χ4n) is 4.90. The van der Waals surface area contributed by atoms with Gasteiger partial charge in [0, 0.05) is 36.5 Å². The van der Waals surface area contributed by atoms with Crippen molar-refractivity contribution in [1.29, 1.82) is 0 Å². The molecule has 0 aliphatic carbocycles. The van der Waals surface area contributed by atoms with Gasteiger partial charge in [-0.05, 0) is 66.2 Å². The molecule has 2 atom stereocenters. The zero-order chi connectivity index (χ0) is 24.3. The number of hydrogen-bond acceptors (Lipinski definition) is 6. The summed E-state index contributed by atoms with van der Waals surface area (Å²) < 4.78 is 47.0. The van der Waals surface area contributed by atoms with Crippen LogP contribution in [0.4, 0.5) is 13.2 Å². The summed E-state index contributed by atoms with van der Waals surface area (Å²) in [5.74, 6) is -2.34. The fourth-order valence-corrected chi connectivity index (χ4v) is 5.26. The lowest BCUT2D eigenvalue weighted by molar-refractivity contribution is -0.0862. The van der Waals surface area contributed by atoms with Crippen molar-refractivity contribution >= 4 is 11.9 Å². The van der Waals surface area contributed by atoms with Gasteiger partial charge in [0.15, 0.2) is 0 Å². The SMILES string of the molecule is C[C@H]1Cc2cc(SN)ccc2C(c2ccc(OCCN3CC(CF)C3)cc2)N1CC(F)(F)CO. The Morgan fingerprint density at radius 3 is 2.56 bits per heavy atom. The minimum absolute atomic E-state index is 0.145. The molecule has 1 unspecified atom stereocenters. The Bertz CT molecular complexity index is 957. The molecule has 0 spiro atoms. The topological polar surface area (TPSA) is 62.0 Å². The number of fused-ring (bicyclic) bond motifs is 1. The second kappa shape index (κ2) is 10.9. The number of ether oxygens (including phenoxy) is 1. The monoisotopic (exact) mass is 495 g/mol. The van der Waals surface area contributed by atoms with Gasteiger partial charge in [0.1, 0.15) is 19.0 Å². The van der Waals surface area contributed by atoms with E-state index in [-0.39, 0.29) is 24.7 Å². The largest absolute Gasteiger partial charge is 0.492 e. The maximum absolute atomic E-state index is 14.3. The van der Waals surface area contributed by atoms with Crippen LogP contribution in [0.2, 0.25) is 0 Å². The smallest absolute Gasteiger partial charge is 0.283 e. The van der Waals surface area contributed by atoms with Crippen molar-refractivity contribution in [3.8, 4) is 5.75 Å². The summed E-state index contributed by atoms with van der Waals surface area (Å²) in [6.45, 7) is 2.76. The van der Waals surface area contributed by atoms with E-state index in [1.807, 2.05) is 49.4 Å². The highest BCUT2D eigenvalue weighted by Crippen LogP contribution is 2.40. The van der Waals surface area contributed by atoms with Gasteiger partial charge in [-0.25, -0.2) is 8.78 Å². The quantitative estimate of drug-likeness (QED) is 0.488. The zero-order valence-corrected chi connectivity index (χ0v) is 20.1. The molecule has 186 valence electrons. The molecule has 5 nitrogen and oxygen atoms in total. The average Bonchev–Trinajstić information content (AvgIpc) is 2.81. The molecule has 2 heterocycles. The summed E-state index contributed by atoms with van der Waals surface area (Å²) >= 11 is 1.17. The van der Waals surface area contributed by atoms with Crippen LogP contribution < -0.4 is 9.88 Å². The van der Waals surface area contributed by atoms with Crippen molar-refractivity contribution in [1.82, 2.24) is 9.80 Å². The first kappa shape index (κ1) is 25.3. The third-order valence-corrected chi connectivity index (χ3v) is 7.25. The Hall–Kier alpha value is -1.78. The Morgan fingerprint density at radius 2 is 1.91 bits per heavy atom. The third-order valence-electron chi connectivity index (χ3n) is 6.73. The zero-order valence-electron chi connectivity index (χ0n) is 19.3. The number of nitrogens with zero attached hydrogens (tertiary/aromatic N) is 2. The van der Waals surface area contributed by atoms with E-state index >= 15 is 0 Å². The van der Waals surface area contributed by atoms with E-state index in [2.05, 4.69) is 4.90 Å². The Morgan fingerprint density at radius 1 is 1.18 bits per heavy atom. The van der Waals surface area contributed by atoms with Crippen molar-refractivity contribution in [3.05, 3.63) is 59.2 Å². The molecule has 0 bridgehead atoms. The van der Waals surface area contributed by atoms with Crippen LogP contribution in [0, 0.1) is 5.92 Å². The van der Waals surface area contributed by atoms with Crippen LogP contribution in [-0.4, -0.2) is 72.9 Å². The fraction of sp³-hybridized carbons (Fsp3) is 0.520. The van der Waals surface area contributed by atoms with Gasteiger partial charge >= 0.3 is 0 Å². The van der Waals surface area contributed by atoms with Gasteiger partial charge < -0.3 is 9.84 Å². The van der Waals surface area contributed by atoms with Crippen LogP contribution in [0.1, 0.15) is 29.7 Å². The highest BCUT2D eigenvalue weighted by molar-refractivity contribution is 7.97. The van der Waals surface area contributed by atoms with E-state index in [9.17, 15) is 18.3 Å². The number of benzene rings is 2. The normalized spacial score (nSPS) is 21.8. The van der Waals surface area contributed by atoms with Gasteiger partial charge in [-0.1, -0.05) is 18.2 Å². The number of alkyl halides is 3. The van der Waals surface area contributed by atoms with Crippen molar-refractivity contribution in [2.24, 2.45) is 11.1 Å². The van der Waals surface area contributed by atoms with Gasteiger partial charge in [-0.3, -0.25) is 19.3 Å². The van der Waals surface area contributed by atoms with Crippen LogP contribution in [0.5, 0.6) is 5.75 Å². The summed E-state index contributed by atoms with van der Waals surface area (Å²) in [5.41, 5.74) is 2.95. The first-order valence-corrected chi connectivity index (χ1v) is 12.5. The first-order chi connectivity index (χ1) is 16.3. The summed E-state index contributed by atoms with van der Waals surface area (Å²) in [6.07, 6.45) is 0.628. The second-order valence-electron chi connectivity index (χ2n) is 9.32. The lowest BCUT2D eigenvalue weighted by Crippen LogP contribution is -2.49. The molecule has 0 amide bonds. The summed E-state index contributed by atoms with van der Waals surface area (Å²) in [4.78, 5) is 4.86. The maximum Gasteiger partial charge on any atom is 0.283 e. The molecule has 3 N–H and O–H groups in total. The number of nitrogens with two attached hydrogens (primary N) is 1. The molecule has 0 saturated carbocycles. The third kappa shape index (κ3) is 5.71. The molecule has 0 aromatic heterocycles. The summed E-state index contributed by atoms with van der Waals surface area (Å²) in [7, 11) is 0. The predicted molar refractivity (Wildman–Crippen MR) is 128 cm³/mol. The van der Waals surface area contributed by atoms with Crippen LogP contribution in [0.3, 0.4) is 0 Å². The molecule has 9 heteroatoms. The molecule has 0 radical (unpaired) electrons. The van der Waals surface area contributed by atoms with Crippen LogP contribution in [0.25, 0.3) is 0 Å². The Kier molecular flexibility index (Phi) is 8.09. The highest BCUT2D eigenvalue weighted by Gasteiger charge is 2.40. The molecule has 2 aliphatic rings. The molecule has 2 aromatic rings. The van der Waals surface area contributed by atoms with E-state index in [4.69, 9.17) is 9.88 Å². The minimum Gasteiger partial charge on any atom is -0.492 e. The molecule has 4 rings (SSSR count). The van der Waals surface area contributed by atoms with Crippen molar-refractivity contribution in [2.75, 3.05) is 46.1 Å². The number of halogens is 3. The predicted octanol–water partition coefficient (Wildman–Crippen LogP) is 3.90. The number of hydrogen-bond donors (Lipinski definition) is 2. The molecule has 2 aromatic carbocycles. The second-order valence-corrected chi connectivity index (χ2v) is 10.0. The van der Waals surface area contributed by atoms with Gasteiger partial charge in [0.25, 0.3) is 5.92 Å². The van der Waals surface area contributed by atoms with Crippen LogP contribution in [0.15, 0.2) is 47.4 Å². The summed E-state index contributed by atoms with van der Waals surface area (Å²) in [6, 6.07) is 13.0. The van der Waals surface area contributed by atoms with E-state index in [1.165, 1.54) is 11.9 Å².